The maximum Gasteiger partial charge on any atom is 0.0950 e. The molecule has 0 saturated heterocycles. The smallest absolute Gasteiger partial charge is 0.0950 e. The lowest BCUT2D eigenvalue weighted by Crippen LogP contribution is -2.52. The number of hydrogen-bond acceptors (Lipinski definition) is 4. The van der Waals surface area contributed by atoms with Crippen LogP contribution in [0.1, 0.15) is 62.8 Å². The Hall–Kier alpha value is -1.72. The normalized spacial score (nSPS) is 15.3. The Kier molecular flexibility index (Phi) is 11.4. The third-order valence-corrected chi connectivity index (χ3v) is 10.1. The second-order valence-electron chi connectivity index (χ2n) is 10.1. The second-order valence-corrected chi connectivity index (χ2v) is 12.7. The van der Waals surface area contributed by atoms with Gasteiger partial charge in [0, 0.05) is 23.6 Å². The van der Waals surface area contributed by atoms with Crippen LogP contribution in [0, 0.1) is 18.8 Å². The maximum atomic E-state index is 6.42. The van der Waals surface area contributed by atoms with Crippen molar-refractivity contribution in [2.45, 2.75) is 65.1 Å². The van der Waals surface area contributed by atoms with Crippen LogP contribution in [-0.2, 0) is 5.54 Å². The molecule has 3 N–H and O–H groups in total. The van der Waals surface area contributed by atoms with Crippen molar-refractivity contribution >= 4 is 21.6 Å². The molecular weight excluding hydrogens is 477 g/mol. The Morgan fingerprint density at radius 1 is 0.694 bits per heavy atom. The molecule has 4 heteroatoms. The first-order chi connectivity index (χ1) is 17.4. The summed E-state index contributed by atoms with van der Waals surface area (Å²) in [7, 11) is 3.89. The number of hydrogen-bond donors (Lipinski definition) is 2. The van der Waals surface area contributed by atoms with E-state index in [9.17, 15) is 0 Å². The molecule has 4 atom stereocenters. The molecule has 0 unspecified atom stereocenters. The third-order valence-electron chi connectivity index (χ3n) is 7.60. The summed E-state index contributed by atoms with van der Waals surface area (Å²) in [5, 5.41) is 4.24. The van der Waals surface area contributed by atoms with Crippen molar-refractivity contribution in [3.63, 3.8) is 0 Å². The number of nitrogens with two attached hydrogens (primary N) is 1. The molecule has 0 amide bonds. The maximum absolute atomic E-state index is 6.42. The Morgan fingerprint density at radius 3 is 1.67 bits per heavy atom. The van der Waals surface area contributed by atoms with Gasteiger partial charge in [0.25, 0.3) is 0 Å². The first-order valence-corrected chi connectivity index (χ1v) is 15.9. The van der Waals surface area contributed by atoms with Crippen molar-refractivity contribution in [1.29, 1.82) is 0 Å². The Bertz CT molecular complexity index is 968. The molecule has 3 aromatic carbocycles. The highest BCUT2D eigenvalue weighted by Gasteiger charge is 2.39. The van der Waals surface area contributed by atoms with Crippen molar-refractivity contribution < 1.29 is 0 Å². The van der Waals surface area contributed by atoms with E-state index in [4.69, 9.17) is 5.73 Å². The van der Waals surface area contributed by atoms with E-state index in [-0.39, 0.29) is 6.04 Å². The van der Waals surface area contributed by atoms with E-state index in [2.05, 4.69) is 125 Å². The molecule has 3 rings (SSSR count). The number of rotatable bonds is 14. The van der Waals surface area contributed by atoms with Gasteiger partial charge in [-0.05, 0) is 35.4 Å². The minimum Gasteiger partial charge on any atom is -0.327 e. The average molecular weight is 521 g/mol. The summed E-state index contributed by atoms with van der Waals surface area (Å²) in [6.45, 7) is 11.3. The van der Waals surface area contributed by atoms with Crippen LogP contribution in [0.4, 0.5) is 0 Å². The van der Waals surface area contributed by atoms with Crippen molar-refractivity contribution in [2.75, 3.05) is 11.5 Å². The predicted octanol–water partition coefficient (Wildman–Crippen LogP) is 8.05. The minimum atomic E-state index is -0.442. The molecule has 3 aromatic rings. The van der Waals surface area contributed by atoms with Gasteiger partial charge in [-0.15, -0.1) is 0 Å². The molecule has 0 aliphatic rings. The molecule has 0 aliphatic heterocycles. The highest BCUT2D eigenvalue weighted by atomic mass is 33.1. The van der Waals surface area contributed by atoms with Crippen molar-refractivity contribution in [2.24, 2.45) is 17.6 Å². The Morgan fingerprint density at radius 2 is 1.17 bits per heavy atom. The molecule has 0 spiro atoms. The van der Waals surface area contributed by atoms with Crippen molar-refractivity contribution in [3.8, 4) is 0 Å². The van der Waals surface area contributed by atoms with Crippen LogP contribution in [0.25, 0.3) is 0 Å². The fourth-order valence-corrected chi connectivity index (χ4v) is 7.28. The SMILES string of the molecule is CC[C@H](C)[C@H](N)CSSC[C@@H](NC(c1ccccc1)(c1ccccc1)c1ccc(C)cc1)[C@@H](C)CC. The fraction of sp³-hybridized carbons (Fsp3) is 0.438. The van der Waals surface area contributed by atoms with Crippen molar-refractivity contribution in [1.82, 2.24) is 5.32 Å². The minimum absolute atomic E-state index is 0.253. The number of aryl methyl sites for hydroxylation is 1. The monoisotopic (exact) mass is 520 g/mol. The first-order valence-electron chi connectivity index (χ1n) is 13.4. The zero-order valence-corrected chi connectivity index (χ0v) is 24.2. The van der Waals surface area contributed by atoms with E-state index in [0.717, 1.165) is 24.3 Å². The molecule has 0 aliphatic carbocycles. The van der Waals surface area contributed by atoms with Crippen LogP contribution in [0.5, 0.6) is 0 Å². The average Bonchev–Trinajstić information content (AvgIpc) is 2.93. The largest absolute Gasteiger partial charge is 0.327 e. The van der Waals surface area contributed by atoms with Gasteiger partial charge < -0.3 is 5.73 Å². The summed E-state index contributed by atoms with van der Waals surface area (Å²) in [4.78, 5) is 0. The summed E-state index contributed by atoms with van der Waals surface area (Å²) in [5.74, 6) is 3.11. The predicted molar refractivity (Wildman–Crippen MR) is 163 cm³/mol. The summed E-state index contributed by atoms with van der Waals surface area (Å²) >= 11 is 0. The summed E-state index contributed by atoms with van der Waals surface area (Å²) in [6.07, 6.45) is 2.26. The molecular formula is C32H44N2S2. The molecule has 2 nitrogen and oxygen atoms in total. The second kappa shape index (κ2) is 14.3. The topological polar surface area (TPSA) is 38.0 Å². The van der Waals surface area contributed by atoms with Crippen LogP contribution in [0.2, 0.25) is 0 Å². The standard InChI is InChI=1S/C32H44N2S2/c1-6-25(4)30(33)22-35-36-23-31(26(5)7-2)34-32(27-14-10-8-11-15-27,28-16-12-9-13-17-28)29-20-18-24(3)19-21-29/h8-21,25-26,30-31,34H,6-7,22-23,33H2,1-5H3/t25-,26-,30+,31+/m0/s1. The molecule has 0 aromatic heterocycles. The zero-order valence-electron chi connectivity index (χ0n) is 22.6. The van der Waals surface area contributed by atoms with E-state index in [1.807, 2.05) is 21.6 Å². The molecule has 0 heterocycles. The summed E-state index contributed by atoms with van der Waals surface area (Å²) in [6, 6.07) is 31.5. The Labute approximate surface area is 227 Å². The van der Waals surface area contributed by atoms with E-state index in [1.54, 1.807) is 0 Å². The van der Waals surface area contributed by atoms with Crippen LogP contribution in [0.15, 0.2) is 84.9 Å². The van der Waals surface area contributed by atoms with Crippen LogP contribution in [0.3, 0.4) is 0 Å². The summed E-state index contributed by atoms with van der Waals surface area (Å²) < 4.78 is 0. The van der Waals surface area contributed by atoms with Gasteiger partial charge in [0.2, 0.25) is 0 Å². The Balaban J connectivity index is 2.00. The molecule has 0 radical (unpaired) electrons. The van der Waals surface area contributed by atoms with Gasteiger partial charge in [-0.1, -0.05) is 153 Å². The zero-order chi connectivity index (χ0) is 26.0. The highest BCUT2D eigenvalue weighted by Crippen LogP contribution is 2.39. The van der Waals surface area contributed by atoms with Gasteiger partial charge in [-0.25, -0.2) is 0 Å². The van der Waals surface area contributed by atoms with Gasteiger partial charge in [0.1, 0.15) is 0 Å². The number of benzene rings is 3. The lowest BCUT2D eigenvalue weighted by Gasteiger charge is -2.42. The number of nitrogens with one attached hydrogen (secondary N) is 1. The van der Waals surface area contributed by atoms with E-state index in [1.165, 1.54) is 22.3 Å². The van der Waals surface area contributed by atoms with Crippen LogP contribution < -0.4 is 11.1 Å². The lowest BCUT2D eigenvalue weighted by atomic mass is 9.75. The van der Waals surface area contributed by atoms with Gasteiger partial charge in [0.15, 0.2) is 0 Å². The quantitative estimate of drug-likeness (QED) is 0.128. The van der Waals surface area contributed by atoms with Crippen LogP contribution >= 0.6 is 21.6 Å². The first kappa shape index (κ1) is 28.8. The molecule has 194 valence electrons. The lowest BCUT2D eigenvalue weighted by molar-refractivity contribution is 0.327. The van der Waals surface area contributed by atoms with E-state index in [0.29, 0.717) is 17.9 Å². The van der Waals surface area contributed by atoms with Crippen LogP contribution in [-0.4, -0.2) is 23.6 Å². The van der Waals surface area contributed by atoms with Gasteiger partial charge >= 0.3 is 0 Å². The third kappa shape index (κ3) is 7.19. The molecule has 36 heavy (non-hydrogen) atoms. The van der Waals surface area contributed by atoms with Gasteiger partial charge in [0.05, 0.1) is 5.54 Å². The van der Waals surface area contributed by atoms with Gasteiger partial charge in [-0.2, -0.15) is 0 Å². The molecule has 0 fully saturated rings. The van der Waals surface area contributed by atoms with Gasteiger partial charge in [-0.3, -0.25) is 5.32 Å². The molecule has 0 bridgehead atoms. The summed E-state index contributed by atoms with van der Waals surface area (Å²) in [5.41, 5.74) is 11.1. The van der Waals surface area contributed by atoms with Crippen molar-refractivity contribution in [3.05, 3.63) is 107 Å². The molecule has 0 saturated carbocycles. The fourth-order valence-electron chi connectivity index (χ4n) is 4.56. The van der Waals surface area contributed by atoms with E-state index >= 15 is 0 Å². The highest BCUT2D eigenvalue weighted by molar-refractivity contribution is 8.76. The van der Waals surface area contributed by atoms with E-state index < -0.39 is 5.54 Å².